The molecule has 0 spiro atoms. The molecule has 0 bridgehead atoms. The Balaban J connectivity index is 1.13. The van der Waals surface area contributed by atoms with Crippen molar-refractivity contribution in [2.75, 3.05) is 4.90 Å². The highest BCUT2D eigenvalue weighted by molar-refractivity contribution is 6.13. The van der Waals surface area contributed by atoms with E-state index in [9.17, 15) is 0 Å². The summed E-state index contributed by atoms with van der Waals surface area (Å²) in [5, 5.41) is 7.06. The number of benzene rings is 9. The highest BCUT2D eigenvalue weighted by Crippen LogP contribution is 2.44. The third-order valence-corrected chi connectivity index (χ3v) is 10.2. The van der Waals surface area contributed by atoms with Gasteiger partial charge in [-0.25, -0.2) is 0 Å². The summed E-state index contributed by atoms with van der Waals surface area (Å²) in [6.07, 6.45) is 0. The molecule has 0 aliphatic rings. The number of fused-ring (bicyclic) bond motifs is 5. The second kappa shape index (κ2) is 12.5. The Bertz CT molecular complexity index is 2890. The smallest absolute Gasteiger partial charge is 0.137 e. The molecule has 0 aliphatic carbocycles. The van der Waals surface area contributed by atoms with Crippen LogP contribution in [0.25, 0.3) is 76.9 Å². The predicted octanol–water partition coefficient (Wildman–Crippen LogP) is 14.4. The van der Waals surface area contributed by atoms with E-state index < -0.39 is 0 Å². The largest absolute Gasteiger partial charge is 0.456 e. The van der Waals surface area contributed by atoms with Gasteiger partial charge in [0.25, 0.3) is 0 Å². The molecule has 0 atom stereocenters. The lowest BCUT2D eigenvalue weighted by Crippen LogP contribution is -2.10. The zero-order valence-electron chi connectivity index (χ0n) is 28.4. The average Bonchev–Trinajstić information content (AvgIpc) is 3.61. The van der Waals surface area contributed by atoms with Crippen molar-refractivity contribution in [3.05, 3.63) is 200 Å². The molecule has 0 aliphatic heterocycles. The van der Waals surface area contributed by atoms with Gasteiger partial charge in [-0.05, 0) is 116 Å². The molecule has 0 fully saturated rings. The van der Waals surface area contributed by atoms with Gasteiger partial charge in [-0.3, -0.25) is 0 Å². The maximum Gasteiger partial charge on any atom is 0.137 e. The van der Waals surface area contributed by atoms with Gasteiger partial charge in [-0.1, -0.05) is 140 Å². The van der Waals surface area contributed by atoms with Gasteiger partial charge < -0.3 is 9.32 Å². The van der Waals surface area contributed by atoms with Crippen molar-refractivity contribution in [3.8, 4) is 33.4 Å². The van der Waals surface area contributed by atoms with Crippen molar-refractivity contribution in [2.24, 2.45) is 0 Å². The van der Waals surface area contributed by atoms with Crippen LogP contribution in [-0.4, -0.2) is 0 Å². The van der Waals surface area contributed by atoms with Crippen LogP contribution in [0.4, 0.5) is 17.1 Å². The third-order valence-electron chi connectivity index (χ3n) is 10.2. The first-order valence-corrected chi connectivity index (χ1v) is 17.8. The van der Waals surface area contributed by atoms with Gasteiger partial charge in [0.15, 0.2) is 0 Å². The number of nitrogens with zero attached hydrogens (tertiary/aromatic N) is 1. The summed E-state index contributed by atoms with van der Waals surface area (Å²) < 4.78 is 6.36. The summed E-state index contributed by atoms with van der Waals surface area (Å²) in [5.74, 6) is 0. The van der Waals surface area contributed by atoms with E-state index in [0.29, 0.717) is 0 Å². The van der Waals surface area contributed by atoms with E-state index in [2.05, 4.69) is 193 Å². The Kier molecular flexibility index (Phi) is 7.18. The number of hydrogen-bond donors (Lipinski definition) is 0. The zero-order valence-corrected chi connectivity index (χ0v) is 28.4. The molecule has 52 heavy (non-hydrogen) atoms. The van der Waals surface area contributed by atoms with Crippen molar-refractivity contribution >= 4 is 60.5 Å². The molecule has 2 nitrogen and oxygen atoms in total. The fourth-order valence-corrected chi connectivity index (χ4v) is 7.68. The van der Waals surface area contributed by atoms with E-state index in [1.807, 2.05) is 12.1 Å². The summed E-state index contributed by atoms with van der Waals surface area (Å²) in [7, 11) is 0. The molecule has 0 saturated heterocycles. The molecule has 244 valence electrons. The van der Waals surface area contributed by atoms with Crippen LogP contribution < -0.4 is 4.90 Å². The van der Waals surface area contributed by atoms with Gasteiger partial charge >= 0.3 is 0 Å². The Hall–Kier alpha value is -6.90. The standard InChI is InChI=1S/C50H33NO/c1-3-12-34(13-4-1)35-24-27-42(28-25-35)51(47-19-11-21-49-50(47)44-18-9-10-20-48(44)52-49)43-29-26-39-30-41(23-22-40(39)31-43)46-33-38-17-8-7-16-37(38)32-45(46)36-14-5-2-6-15-36/h1-33H. The van der Waals surface area contributed by atoms with Crippen LogP contribution in [0.2, 0.25) is 0 Å². The van der Waals surface area contributed by atoms with Crippen molar-refractivity contribution in [2.45, 2.75) is 0 Å². The predicted molar refractivity (Wildman–Crippen MR) is 220 cm³/mol. The molecule has 0 radical (unpaired) electrons. The lowest BCUT2D eigenvalue weighted by atomic mass is 9.90. The SMILES string of the molecule is c1ccc(-c2ccc(N(c3ccc4cc(-c5cc6ccccc6cc5-c5ccccc5)ccc4c3)c3cccc4oc5ccccc5c34)cc2)cc1. The fraction of sp³-hybridized carbons (Fsp3) is 0. The maximum absolute atomic E-state index is 6.36. The molecule has 1 aromatic heterocycles. The van der Waals surface area contributed by atoms with E-state index in [1.165, 1.54) is 54.9 Å². The molecular weight excluding hydrogens is 631 g/mol. The van der Waals surface area contributed by atoms with Gasteiger partial charge in [0.2, 0.25) is 0 Å². The Labute approximate surface area is 302 Å². The van der Waals surface area contributed by atoms with E-state index in [4.69, 9.17) is 4.42 Å². The van der Waals surface area contributed by atoms with Crippen molar-refractivity contribution in [1.29, 1.82) is 0 Å². The monoisotopic (exact) mass is 663 g/mol. The third kappa shape index (κ3) is 5.21. The lowest BCUT2D eigenvalue weighted by molar-refractivity contribution is 0.669. The summed E-state index contributed by atoms with van der Waals surface area (Å²) >= 11 is 0. The minimum Gasteiger partial charge on any atom is -0.456 e. The minimum absolute atomic E-state index is 0.875. The maximum atomic E-state index is 6.36. The number of hydrogen-bond acceptors (Lipinski definition) is 2. The van der Waals surface area contributed by atoms with Crippen molar-refractivity contribution < 1.29 is 4.42 Å². The second-order valence-corrected chi connectivity index (χ2v) is 13.4. The molecular formula is C50H33NO. The summed E-state index contributed by atoms with van der Waals surface area (Å²) in [6, 6.07) is 71.8. The quantitative estimate of drug-likeness (QED) is 0.176. The first kappa shape index (κ1) is 30.0. The van der Waals surface area contributed by atoms with Crippen LogP contribution in [-0.2, 0) is 0 Å². The van der Waals surface area contributed by atoms with Gasteiger partial charge in [0.05, 0.1) is 11.1 Å². The second-order valence-electron chi connectivity index (χ2n) is 13.4. The topological polar surface area (TPSA) is 16.4 Å². The normalized spacial score (nSPS) is 11.5. The summed E-state index contributed by atoms with van der Waals surface area (Å²) in [6.45, 7) is 0. The Morgan fingerprint density at radius 2 is 0.865 bits per heavy atom. The van der Waals surface area contributed by atoms with Crippen LogP contribution in [0.1, 0.15) is 0 Å². The summed E-state index contributed by atoms with van der Waals surface area (Å²) in [5.41, 5.74) is 12.3. The minimum atomic E-state index is 0.875. The van der Waals surface area contributed by atoms with Crippen LogP contribution in [0.5, 0.6) is 0 Å². The van der Waals surface area contributed by atoms with Gasteiger partial charge in [-0.2, -0.15) is 0 Å². The fourth-order valence-electron chi connectivity index (χ4n) is 7.68. The summed E-state index contributed by atoms with van der Waals surface area (Å²) in [4.78, 5) is 2.36. The van der Waals surface area contributed by atoms with Gasteiger partial charge in [0, 0.05) is 16.8 Å². The van der Waals surface area contributed by atoms with E-state index in [0.717, 1.165) is 39.0 Å². The van der Waals surface area contributed by atoms with Gasteiger partial charge in [-0.15, -0.1) is 0 Å². The zero-order chi connectivity index (χ0) is 34.4. The van der Waals surface area contributed by atoms with E-state index in [-0.39, 0.29) is 0 Å². The molecule has 0 unspecified atom stereocenters. The van der Waals surface area contributed by atoms with E-state index >= 15 is 0 Å². The van der Waals surface area contributed by atoms with Crippen molar-refractivity contribution in [1.82, 2.24) is 0 Å². The Morgan fingerprint density at radius 1 is 0.327 bits per heavy atom. The van der Waals surface area contributed by atoms with Crippen LogP contribution in [0.15, 0.2) is 205 Å². The highest BCUT2D eigenvalue weighted by atomic mass is 16.3. The molecule has 0 amide bonds. The lowest BCUT2D eigenvalue weighted by Gasteiger charge is -2.27. The highest BCUT2D eigenvalue weighted by Gasteiger charge is 2.20. The van der Waals surface area contributed by atoms with Crippen LogP contribution in [0.3, 0.4) is 0 Å². The molecule has 9 aromatic carbocycles. The van der Waals surface area contributed by atoms with Gasteiger partial charge in [0.1, 0.15) is 11.2 Å². The van der Waals surface area contributed by atoms with E-state index in [1.54, 1.807) is 0 Å². The number of anilines is 3. The van der Waals surface area contributed by atoms with Crippen molar-refractivity contribution in [3.63, 3.8) is 0 Å². The molecule has 2 heteroatoms. The number of furan rings is 1. The number of rotatable bonds is 6. The first-order valence-electron chi connectivity index (χ1n) is 17.8. The van der Waals surface area contributed by atoms with Crippen LogP contribution in [0, 0.1) is 0 Å². The first-order chi connectivity index (χ1) is 25.8. The molecule has 0 N–H and O–H groups in total. The Morgan fingerprint density at radius 3 is 1.63 bits per heavy atom. The molecule has 10 aromatic rings. The average molecular weight is 664 g/mol. The van der Waals surface area contributed by atoms with Crippen LogP contribution >= 0.6 is 0 Å². The molecule has 0 saturated carbocycles. The molecule has 10 rings (SSSR count). The number of para-hydroxylation sites is 1. The molecule has 1 heterocycles.